The Hall–Kier alpha value is -2.39. The van der Waals surface area contributed by atoms with Crippen molar-refractivity contribution in [3.8, 4) is 0 Å². The van der Waals surface area contributed by atoms with Crippen LogP contribution in [0, 0.1) is 6.92 Å². The van der Waals surface area contributed by atoms with Crippen LogP contribution in [-0.2, 0) is 0 Å². The van der Waals surface area contributed by atoms with Crippen molar-refractivity contribution in [3.63, 3.8) is 0 Å². The molecule has 0 atom stereocenters. The van der Waals surface area contributed by atoms with Gasteiger partial charge in [0.2, 0.25) is 0 Å². The van der Waals surface area contributed by atoms with Gasteiger partial charge in [-0.25, -0.2) is 9.97 Å². The first-order valence-electron chi connectivity index (χ1n) is 7.09. The second-order valence-electron chi connectivity index (χ2n) is 4.91. The first kappa shape index (κ1) is 14.5. The molecule has 0 unspecified atom stereocenters. The number of hydrogen-bond acceptors (Lipinski definition) is 3. The molecule has 0 aliphatic rings. The van der Waals surface area contributed by atoms with Crippen molar-refractivity contribution in [1.82, 2.24) is 9.97 Å². The van der Waals surface area contributed by atoms with Gasteiger partial charge in [-0.05, 0) is 35.1 Å². The molecule has 0 spiro atoms. The predicted molar refractivity (Wildman–Crippen MR) is 92.6 cm³/mol. The van der Waals surface area contributed by atoms with Crippen LogP contribution in [0.1, 0.15) is 16.7 Å². The van der Waals surface area contributed by atoms with E-state index in [1.54, 1.807) is 12.4 Å². The van der Waals surface area contributed by atoms with E-state index < -0.39 is 0 Å². The second-order valence-corrected chi connectivity index (χ2v) is 5.75. The summed E-state index contributed by atoms with van der Waals surface area (Å²) in [6.07, 6.45) is 3.52. The van der Waals surface area contributed by atoms with Crippen molar-refractivity contribution >= 4 is 17.3 Å². The Morgan fingerprint density at radius 3 is 2.14 bits per heavy atom. The zero-order chi connectivity index (χ0) is 15.2. The standard InChI is InChI=1S/C19H16N2S/c1-15-8-10-17(11-9-15)18(16-6-3-2-4-7-16)14-22-19-20-12-5-13-21-19/h2-14H,1H3/b18-14+. The smallest absolute Gasteiger partial charge is 0.191 e. The van der Waals surface area contributed by atoms with Gasteiger partial charge < -0.3 is 0 Å². The average molecular weight is 304 g/mol. The lowest BCUT2D eigenvalue weighted by Crippen LogP contribution is -1.88. The molecule has 1 aromatic heterocycles. The zero-order valence-electron chi connectivity index (χ0n) is 12.3. The predicted octanol–water partition coefficient (Wildman–Crippen LogP) is 4.97. The van der Waals surface area contributed by atoms with E-state index >= 15 is 0 Å². The van der Waals surface area contributed by atoms with Crippen LogP contribution < -0.4 is 0 Å². The largest absolute Gasteiger partial charge is 0.231 e. The fourth-order valence-corrected chi connectivity index (χ4v) is 2.85. The van der Waals surface area contributed by atoms with E-state index in [1.807, 2.05) is 12.1 Å². The van der Waals surface area contributed by atoms with Crippen LogP contribution in [0.25, 0.3) is 5.57 Å². The number of rotatable bonds is 4. The monoisotopic (exact) mass is 304 g/mol. The molecule has 0 radical (unpaired) electrons. The van der Waals surface area contributed by atoms with Crippen LogP contribution in [0.3, 0.4) is 0 Å². The highest BCUT2D eigenvalue weighted by atomic mass is 32.2. The van der Waals surface area contributed by atoms with Crippen molar-refractivity contribution in [2.24, 2.45) is 0 Å². The van der Waals surface area contributed by atoms with Gasteiger partial charge in [0.1, 0.15) is 0 Å². The minimum Gasteiger partial charge on any atom is -0.231 e. The molecule has 1 heterocycles. The molecule has 0 aliphatic carbocycles. The lowest BCUT2D eigenvalue weighted by molar-refractivity contribution is 0.971. The van der Waals surface area contributed by atoms with E-state index in [9.17, 15) is 0 Å². The molecule has 0 saturated heterocycles. The van der Waals surface area contributed by atoms with Crippen molar-refractivity contribution in [3.05, 3.63) is 95.2 Å². The summed E-state index contributed by atoms with van der Waals surface area (Å²) in [5.74, 6) is 0. The molecule has 0 saturated carbocycles. The summed E-state index contributed by atoms with van der Waals surface area (Å²) in [6.45, 7) is 2.10. The molecule has 3 heteroatoms. The summed E-state index contributed by atoms with van der Waals surface area (Å²) in [4.78, 5) is 8.52. The molecule has 0 fully saturated rings. The Balaban J connectivity index is 1.98. The highest BCUT2D eigenvalue weighted by Crippen LogP contribution is 2.28. The van der Waals surface area contributed by atoms with Gasteiger partial charge >= 0.3 is 0 Å². The molecule has 0 aliphatic heterocycles. The number of aromatic nitrogens is 2. The van der Waals surface area contributed by atoms with Crippen molar-refractivity contribution < 1.29 is 0 Å². The van der Waals surface area contributed by atoms with Crippen LogP contribution in [-0.4, -0.2) is 9.97 Å². The lowest BCUT2D eigenvalue weighted by Gasteiger charge is -2.09. The van der Waals surface area contributed by atoms with Gasteiger partial charge in [0.25, 0.3) is 0 Å². The third-order valence-electron chi connectivity index (χ3n) is 3.27. The van der Waals surface area contributed by atoms with Gasteiger partial charge in [-0.15, -0.1) is 0 Å². The molecular weight excluding hydrogens is 288 g/mol. The Morgan fingerprint density at radius 1 is 0.818 bits per heavy atom. The molecule has 3 aromatic rings. The summed E-state index contributed by atoms with van der Waals surface area (Å²) in [5.41, 5.74) is 4.82. The van der Waals surface area contributed by atoms with Crippen molar-refractivity contribution in [2.45, 2.75) is 12.1 Å². The second kappa shape index (κ2) is 7.05. The van der Waals surface area contributed by atoms with Crippen LogP contribution in [0.5, 0.6) is 0 Å². The molecule has 108 valence electrons. The first-order valence-corrected chi connectivity index (χ1v) is 7.97. The van der Waals surface area contributed by atoms with E-state index in [0.717, 1.165) is 5.16 Å². The molecule has 22 heavy (non-hydrogen) atoms. The van der Waals surface area contributed by atoms with Crippen molar-refractivity contribution in [1.29, 1.82) is 0 Å². The third kappa shape index (κ3) is 3.62. The fraction of sp³-hybridized carbons (Fsp3) is 0.0526. The minimum absolute atomic E-state index is 0.753. The Bertz CT molecular complexity index is 750. The first-order chi connectivity index (χ1) is 10.8. The lowest BCUT2D eigenvalue weighted by atomic mass is 9.99. The quantitative estimate of drug-likeness (QED) is 0.503. The maximum absolute atomic E-state index is 4.26. The maximum atomic E-state index is 4.26. The van der Waals surface area contributed by atoms with Gasteiger partial charge in [0.15, 0.2) is 5.16 Å². The summed E-state index contributed by atoms with van der Waals surface area (Å²) in [6, 6.07) is 20.8. The van der Waals surface area contributed by atoms with Gasteiger partial charge in [0, 0.05) is 12.4 Å². The summed E-state index contributed by atoms with van der Waals surface area (Å²) in [7, 11) is 0. The molecule has 2 aromatic carbocycles. The normalized spacial score (nSPS) is 11.4. The fourth-order valence-electron chi connectivity index (χ4n) is 2.11. The Morgan fingerprint density at radius 2 is 1.45 bits per heavy atom. The highest BCUT2D eigenvalue weighted by molar-refractivity contribution is 8.02. The van der Waals surface area contributed by atoms with Crippen LogP contribution >= 0.6 is 11.8 Å². The Kier molecular flexibility index (Phi) is 4.66. The van der Waals surface area contributed by atoms with Crippen molar-refractivity contribution in [2.75, 3.05) is 0 Å². The van der Waals surface area contributed by atoms with Crippen LogP contribution in [0.4, 0.5) is 0 Å². The molecule has 0 amide bonds. The van der Waals surface area contributed by atoms with Crippen LogP contribution in [0.2, 0.25) is 0 Å². The van der Waals surface area contributed by atoms with E-state index in [4.69, 9.17) is 0 Å². The summed E-state index contributed by atoms with van der Waals surface area (Å²) >= 11 is 1.54. The van der Waals surface area contributed by atoms with Gasteiger partial charge in [0.05, 0.1) is 0 Å². The molecule has 3 rings (SSSR count). The number of thioether (sulfide) groups is 1. The molecule has 0 bridgehead atoms. The number of aryl methyl sites for hydroxylation is 1. The van der Waals surface area contributed by atoms with E-state index in [1.165, 1.54) is 34.0 Å². The highest BCUT2D eigenvalue weighted by Gasteiger charge is 2.05. The molecular formula is C19H16N2S. The van der Waals surface area contributed by atoms with Gasteiger partial charge in [-0.3, -0.25) is 0 Å². The molecule has 0 N–H and O–H groups in total. The number of nitrogens with zero attached hydrogens (tertiary/aromatic N) is 2. The average Bonchev–Trinajstić information content (AvgIpc) is 2.58. The number of hydrogen-bond donors (Lipinski definition) is 0. The topological polar surface area (TPSA) is 25.8 Å². The van der Waals surface area contributed by atoms with Gasteiger partial charge in [-0.2, -0.15) is 0 Å². The Labute approximate surface area is 135 Å². The summed E-state index contributed by atoms with van der Waals surface area (Å²) < 4.78 is 0. The van der Waals surface area contributed by atoms with E-state index in [2.05, 4.69) is 70.8 Å². The minimum atomic E-state index is 0.753. The van der Waals surface area contributed by atoms with Gasteiger partial charge in [-0.1, -0.05) is 71.9 Å². The SMILES string of the molecule is Cc1ccc(/C(=C/Sc2ncccn2)c2ccccc2)cc1. The zero-order valence-corrected chi connectivity index (χ0v) is 13.1. The van der Waals surface area contributed by atoms with E-state index in [0.29, 0.717) is 0 Å². The number of benzene rings is 2. The summed E-state index contributed by atoms with van der Waals surface area (Å²) in [5, 5.41) is 2.87. The van der Waals surface area contributed by atoms with Crippen LogP contribution in [0.15, 0.2) is 83.6 Å². The molecule has 2 nitrogen and oxygen atoms in total. The third-order valence-corrected chi connectivity index (χ3v) is 4.05. The van der Waals surface area contributed by atoms with E-state index in [-0.39, 0.29) is 0 Å². The maximum Gasteiger partial charge on any atom is 0.191 e.